The number of hydrogen-bond acceptors (Lipinski definition) is 1. The second-order valence-electron chi connectivity index (χ2n) is 3.94. The minimum Gasteiger partial charge on any atom is -0.342 e. The minimum atomic E-state index is 0.330. The van der Waals surface area contributed by atoms with Crippen LogP contribution in [0.5, 0.6) is 0 Å². The molecule has 1 heterocycles. The Balaban J connectivity index is 2.31. The Kier molecular flexibility index (Phi) is 4.23. The van der Waals surface area contributed by atoms with Crippen LogP contribution in [0.2, 0.25) is 0 Å². The van der Waals surface area contributed by atoms with Crippen molar-refractivity contribution < 1.29 is 4.79 Å². The molecule has 0 aromatic carbocycles. The summed E-state index contributed by atoms with van der Waals surface area (Å²) in [6.45, 7) is 6.11. The lowest BCUT2D eigenvalue weighted by Gasteiger charge is -2.17. The number of rotatable bonds is 3. The van der Waals surface area contributed by atoms with Gasteiger partial charge in [-0.05, 0) is 12.3 Å². The quantitative estimate of drug-likeness (QED) is 0.702. The van der Waals surface area contributed by atoms with Crippen molar-refractivity contribution in [3.63, 3.8) is 0 Å². The van der Waals surface area contributed by atoms with Crippen LogP contribution < -0.4 is 0 Å². The van der Waals surface area contributed by atoms with Crippen LogP contribution in [0.3, 0.4) is 0 Å². The lowest BCUT2D eigenvalue weighted by molar-refractivity contribution is -0.131. The van der Waals surface area contributed by atoms with Gasteiger partial charge in [0.2, 0.25) is 5.91 Å². The summed E-state index contributed by atoms with van der Waals surface area (Å²) < 4.78 is 0. The van der Waals surface area contributed by atoms with Gasteiger partial charge in [0, 0.05) is 24.3 Å². The minimum absolute atomic E-state index is 0.330. The van der Waals surface area contributed by atoms with Gasteiger partial charge in [-0.1, -0.05) is 36.2 Å². The first-order chi connectivity index (χ1) is 6.13. The normalized spacial score (nSPS) is 24.8. The molecule has 2 unspecified atom stereocenters. The maximum absolute atomic E-state index is 11.7. The topological polar surface area (TPSA) is 20.3 Å². The molecule has 76 valence electrons. The van der Waals surface area contributed by atoms with E-state index in [0.29, 0.717) is 16.7 Å². The van der Waals surface area contributed by atoms with Gasteiger partial charge in [0.25, 0.3) is 0 Å². The van der Waals surface area contributed by atoms with Gasteiger partial charge < -0.3 is 4.90 Å². The van der Waals surface area contributed by atoms with Crippen LogP contribution in [0, 0.1) is 5.92 Å². The number of carbonyl (C=O) groups excluding carboxylic acids is 1. The summed E-state index contributed by atoms with van der Waals surface area (Å²) in [5.41, 5.74) is 0. The highest BCUT2D eigenvalue weighted by Gasteiger charge is 2.24. The Labute approximate surface area is 88.8 Å². The fourth-order valence-electron chi connectivity index (χ4n) is 1.52. The Morgan fingerprint density at radius 1 is 1.69 bits per heavy atom. The Hall–Kier alpha value is -0.0500. The summed E-state index contributed by atoms with van der Waals surface area (Å²) in [6.07, 6.45) is 2.92. The molecule has 0 saturated carbocycles. The van der Waals surface area contributed by atoms with Crippen LogP contribution in [-0.2, 0) is 4.79 Å². The highest BCUT2D eigenvalue weighted by molar-refractivity contribution is 9.09. The average molecular weight is 248 g/mol. The second kappa shape index (κ2) is 4.99. The van der Waals surface area contributed by atoms with E-state index in [-0.39, 0.29) is 0 Å². The smallest absolute Gasteiger partial charge is 0.222 e. The molecular formula is C10H18BrNO. The van der Waals surface area contributed by atoms with Crippen molar-refractivity contribution in [3.8, 4) is 0 Å². The first-order valence-corrected chi connectivity index (χ1v) is 5.97. The maximum Gasteiger partial charge on any atom is 0.222 e. The predicted octanol–water partition coefficient (Wildman–Crippen LogP) is 2.42. The van der Waals surface area contributed by atoms with Crippen LogP contribution in [0.1, 0.15) is 33.1 Å². The first kappa shape index (κ1) is 11.0. The number of likely N-dealkylation sites (tertiary alicyclic amines) is 1. The molecule has 0 aromatic heterocycles. The van der Waals surface area contributed by atoms with Gasteiger partial charge in [0.15, 0.2) is 0 Å². The largest absolute Gasteiger partial charge is 0.342 e. The lowest BCUT2D eigenvalue weighted by atomic mass is 10.0. The van der Waals surface area contributed by atoms with E-state index < -0.39 is 0 Å². The molecule has 13 heavy (non-hydrogen) atoms. The fraction of sp³-hybridized carbons (Fsp3) is 0.900. The standard InChI is InChI=1S/C10H18BrNO/c1-3-8(2)6-10(13)12-5-4-9(11)7-12/h8-9H,3-7H2,1-2H3. The molecule has 1 aliphatic rings. The zero-order valence-corrected chi connectivity index (χ0v) is 10.0. The number of nitrogens with zero attached hydrogens (tertiary/aromatic N) is 1. The molecule has 3 heteroatoms. The molecule has 0 N–H and O–H groups in total. The molecule has 0 aliphatic carbocycles. The van der Waals surface area contributed by atoms with Gasteiger partial charge in [-0.3, -0.25) is 4.79 Å². The van der Waals surface area contributed by atoms with Crippen molar-refractivity contribution in [3.05, 3.63) is 0 Å². The van der Waals surface area contributed by atoms with Crippen LogP contribution in [0.15, 0.2) is 0 Å². The van der Waals surface area contributed by atoms with Gasteiger partial charge in [0.1, 0.15) is 0 Å². The van der Waals surface area contributed by atoms with E-state index in [1.165, 1.54) is 0 Å². The molecule has 2 nitrogen and oxygen atoms in total. The van der Waals surface area contributed by atoms with Crippen LogP contribution >= 0.6 is 15.9 Å². The van der Waals surface area contributed by atoms with Crippen molar-refractivity contribution in [2.45, 2.75) is 37.9 Å². The Bertz CT molecular complexity index is 184. The summed E-state index contributed by atoms with van der Waals surface area (Å²) in [7, 11) is 0. The molecule has 0 bridgehead atoms. The number of halogens is 1. The summed E-state index contributed by atoms with van der Waals surface area (Å²) >= 11 is 3.54. The monoisotopic (exact) mass is 247 g/mol. The third kappa shape index (κ3) is 3.29. The number of carbonyl (C=O) groups is 1. The third-order valence-electron chi connectivity index (χ3n) is 2.70. The predicted molar refractivity (Wildman–Crippen MR) is 58.0 cm³/mol. The molecule has 1 saturated heterocycles. The van der Waals surface area contributed by atoms with E-state index in [1.54, 1.807) is 0 Å². The molecule has 1 rings (SSSR count). The summed E-state index contributed by atoms with van der Waals surface area (Å²) in [5, 5.41) is 0. The lowest BCUT2D eigenvalue weighted by Crippen LogP contribution is -2.29. The second-order valence-corrected chi connectivity index (χ2v) is 5.24. The third-order valence-corrected chi connectivity index (χ3v) is 3.45. The van der Waals surface area contributed by atoms with Gasteiger partial charge in [-0.2, -0.15) is 0 Å². The van der Waals surface area contributed by atoms with E-state index in [2.05, 4.69) is 29.8 Å². The molecule has 0 aromatic rings. The van der Waals surface area contributed by atoms with Crippen LogP contribution in [0.4, 0.5) is 0 Å². The zero-order chi connectivity index (χ0) is 9.84. The Morgan fingerprint density at radius 3 is 2.85 bits per heavy atom. The van der Waals surface area contributed by atoms with Gasteiger partial charge in [-0.25, -0.2) is 0 Å². The summed E-state index contributed by atoms with van der Waals surface area (Å²) in [5.74, 6) is 0.859. The molecule has 0 spiro atoms. The van der Waals surface area contributed by atoms with Crippen molar-refractivity contribution in [1.82, 2.24) is 4.90 Å². The molecule has 1 fully saturated rings. The van der Waals surface area contributed by atoms with Crippen LogP contribution in [0.25, 0.3) is 0 Å². The van der Waals surface area contributed by atoms with E-state index in [1.807, 2.05) is 4.90 Å². The van der Waals surface area contributed by atoms with Crippen LogP contribution in [-0.4, -0.2) is 28.7 Å². The number of alkyl halides is 1. The molecule has 2 atom stereocenters. The van der Waals surface area contributed by atoms with Crippen molar-refractivity contribution >= 4 is 21.8 Å². The van der Waals surface area contributed by atoms with Gasteiger partial charge in [-0.15, -0.1) is 0 Å². The van der Waals surface area contributed by atoms with Gasteiger partial charge >= 0.3 is 0 Å². The molecule has 1 amide bonds. The van der Waals surface area contributed by atoms with Crippen molar-refractivity contribution in [2.24, 2.45) is 5.92 Å². The van der Waals surface area contributed by atoms with Crippen molar-refractivity contribution in [2.75, 3.05) is 13.1 Å². The summed E-state index contributed by atoms with van der Waals surface area (Å²) in [6, 6.07) is 0. The highest BCUT2D eigenvalue weighted by Crippen LogP contribution is 2.19. The summed E-state index contributed by atoms with van der Waals surface area (Å²) in [4.78, 5) is 14.2. The molecule has 1 aliphatic heterocycles. The number of hydrogen-bond donors (Lipinski definition) is 0. The molecular weight excluding hydrogens is 230 g/mol. The Morgan fingerprint density at radius 2 is 2.38 bits per heavy atom. The average Bonchev–Trinajstić information content (AvgIpc) is 2.51. The highest BCUT2D eigenvalue weighted by atomic mass is 79.9. The van der Waals surface area contributed by atoms with E-state index in [4.69, 9.17) is 0 Å². The SMILES string of the molecule is CCC(C)CC(=O)N1CCC(Br)C1. The number of amides is 1. The van der Waals surface area contributed by atoms with Crippen molar-refractivity contribution in [1.29, 1.82) is 0 Å². The van der Waals surface area contributed by atoms with E-state index in [9.17, 15) is 4.79 Å². The fourth-order valence-corrected chi connectivity index (χ4v) is 2.07. The van der Waals surface area contributed by atoms with E-state index in [0.717, 1.165) is 32.4 Å². The van der Waals surface area contributed by atoms with E-state index >= 15 is 0 Å². The zero-order valence-electron chi connectivity index (χ0n) is 8.42. The first-order valence-electron chi connectivity index (χ1n) is 5.05. The molecule has 0 radical (unpaired) electrons. The van der Waals surface area contributed by atoms with Gasteiger partial charge in [0.05, 0.1) is 0 Å². The maximum atomic E-state index is 11.7.